The largest absolute Gasteiger partial charge is 0.494 e. The lowest BCUT2D eigenvalue weighted by Gasteiger charge is -2.34. The van der Waals surface area contributed by atoms with Crippen LogP contribution in [0.25, 0.3) is 0 Å². The Kier molecular flexibility index (Phi) is 11.5. The maximum absolute atomic E-state index is 11.9. The summed E-state index contributed by atoms with van der Waals surface area (Å²) in [6, 6.07) is 15.7. The summed E-state index contributed by atoms with van der Waals surface area (Å²) in [7, 11) is 1.54. The molecule has 1 fully saturated rings. The third-order valence-electron chi connectivity index (χ3n) is 6.10. The van der Waals surface area contributed by atoms with Gasteiger partial charge in [0.1, 0.15) is 18.6 Å². The van der Waals surface area contributed by atoms with Gasteiger partial charge in [0, 0.05) is 48.4 Å². The van der Waals surface area contributed by atoms with E-state index in [0.717, 1.165) is 74.6 Å². The van der Waals surface area contributed by atoms with Gasteiger partial charge in [-0.2, -0.15) is 0 Å². The fraction of sp³-hybridized carbons (Fsp3) is 0.500. The quantitative estimate of drug-likeness (QED) is 0.243. The lowest BCUT2D eigenvalue weighted by Crippen LogP contribution is -2.50. The molecule has 2 aromatic rings. The molecule has 7 nitrogen and oxygen atoms in total. The van der Waals surface area contributed by atoms with E-state index in [1.165, 1.54) is 0 Å². The van der Waals surface area contributed by atoms with Gasteiger partial charge in [-0.25, -0.2) is 0 Å². The third kappa shape index (κ3) is 9.45. The van der Waals surface area contributed by atoms with E-state index in [1.807, 2.05) is 62.4 Å². The second-order valence-corrected chi connectivity index (χ2v) is 9.84. The van der Waals surface area contributed by atoms with Crippen molar-refractivity contribution in [2.45, 2.75) is 39.2 Å². The molecule has 1 heterocycles. The van der Waals surface area contributed by atoms with Crippen molar-refractivity contribution in [1.82, 2.24) is 15.1 Å². The number of amides is 1. The molecule has 3 rings (SSSR count). The summed E-state index contributed by atoms with van der Waals surface area (Å²) in [5.74, 6) is 0.974. The van der Waals surface area contributed by atoms with E-state index < -0.39 is 0 Å². The van der Waals surface area contributed by atoms with Crippen LogP contribution < -0.4 is 10.1 Å². The molecule has 0 aromatic heterocycles. The molecule has 0 atom stereocenters. The van der Waals surface area contributed by atoms with E-state index in [9.17, 15) is 4.79 Å². The number of carbonyl (C=O) groups excluding carboxylic acids is 1. The normalized spacial score (nSPS) is 15.2. The minimum Gasteiger partial charge on any atom is -0.494 e. The summed E-state index contributed by atoms with van der Waals surface area (Å²) >= 11 is 6.01. The molecule has 0 bridgehead atoms. The third-order valence-corrected chi connectivity index (χ3v) is 6.35. The second-order valence-electron chi connectivity index (χ2n) is 9.40. The van der Waals surface area contributed by atoms with Crippen molar-refractivity contribution in [2.24, 2.45) is 5.16 Å². The van der Waals surface area contributed by atoms with Crippen LogP contribution in [0.4, 0.5) is 0 Å². The number of hydrogen-bond acceptors (Lipinski definition) is 6. The van der Waals surface area contributed by atoms with Gasteiger partial charge in [-0.3, -0.25) is 9.69 Å². The number of nitrogens with one attached hydrogen (secondary N) is 1. The molecule has 1 N–H and O–H groups in total. The average molecular weight is 515 g/mol. The van der Waals surface area contributed by atoms with Gasteiger partial charge in [0.05, 0.1) is 13.2 Å². The van der Waals surface area contributed by atoms with Crippen LogP contribution in [0.5, 0.6) is 5.75 Å². The first-order valence-electron chi connectivity index (χ1n) is 12.8. The van der Waals surface area contributed by atoms with Crippen LogP contribution in [0.2, 0.25) is 5.02 Å². The van der Waals surface area contributed by atoms with Crippen LogP contribution in [-0.2, 0) is 9.63 Å². The summed E-state index contributed by atoms with van der Waals surface area (Å²) in [6.07, 6.45) is 3.32. The summed E-state index contributed by atoms with van der Waals surface area (Å²) in [5, 5.41) is 7.85. The van der Waals surface area contributed by atoms with Crippen molar-refractivity contribution in [1.29, 1.82) is 0 Å². The van der Waals surface area contributed by atoms with E-state index in [-0.39, 0.29) is 11.9 Å². The zero-order valence-electron chi connectivity index (χ0n) is 21.7. The first-order valence-corrected chi connectivity index (χ1v) is 13.2. The Labute approximate surface area is 220 Å². The number of benzene rings is 2. The molecular weight excluding hydrogens is 476 g/mol. The van der Waals surface area contributed by atoms with Crippen molar-refractivity contribution >= 4 is 23.2 Å². The number of halogens is 1. The van der Waals surface area contributed by atoms with E-state index in [1.54, 1.807) is 7.11 Å². The smallest absolute Gasteiger partial charge is 0.234 e. The highest BCUT2D eigenvalue weighted by atomic mass is 35.5. The Morgan fingerprint density at radius 2 is 1.56 bits per heavy atom. The van der Waals surface area contributed by atoms with Crippen LogP contribution in [0, 0.1) is 0 Å². The van der Waals surface area contributed by atoms with Gasteiger partial charge in [0.2, 0.25) is 5.91 Å². The second kappa shape index (κ2) is 14.8. The zero-order valence-corrected chi connectivity index (χ0v) is 22.5. The summed E-state index contributed by atoms with van der Waals surface area (Å²) in [5.41, 5.74) is 2.64. The molecule has 0 radical (unpaired) electrons. The highest BCUT2D eigenvalue weighted by Gasteiger charge is 2.18. The Balaban J connectivity index is 1.31. The molecule has 0 aliphatic carbocycles. The van der Waals surface area contributed by atoms with Crippen LogP contribution in [0.15, 0.2) is 53.7 Å². The van der Waals surface area contributed by atoms with Crippen LogP contribution in [0.3, 0.4) is 0 Å². The minimum atomic E-state index is 0.123. The zero-order chi connectivity index (χ0) is 25.8. The van der Waals surface area contributed by atoms with Crippen molar-refractivity contribution < 1.29 is 14.4 Å². The standard InChI is InChI=1S/C28H39ClN4O3/c1-22(2)30-27(34)21-33-18-16-32(17-19-33)15-5-4-6-20-36-26-13-9-24(10-14-26)28(31-35-3)23-7-11-25(29)12-8-23/h7-14,22H,4-6,15-21H2,1-3H3,(H,30,34). The number of oxime groups is 1. The SMILES string of the molecule is CON=C(c1ccc(Cl)cc1)c1ccc(OCCCCCN2CCN(CC(=O)NC(C)C)CC2)cc1. The van der Waals surface area contributed by atoms with Gasteiger partial charge < -0.3 is 19.8 Å². The number of nitrogens with zero attached hydrogens (tertiary/aromatic N) is 3. The molecule has 1 saturated heterocycles. The first kappa shape index (κ1) is 28.0. The first-order chi connectivity index (χ1) is 17.4. The number of ether oxygens (including phenoxy) is 1. The molecule has 0 unspecified atom stereocenters. The van der Waals surface area contributed by atoms with Crippen molar-refractivity contribution in [3.8, 4) is 5.75 Å². The van der Waals surface area contributed by atoms with Gasteiger partial charge in [-0.15, -0.1) is 0 Å². The van der Waals surface area contributed by atoms with Gasteiger partial charge in [0.25, 0.3) is 0 Å². The van der Waals surface area contributed by atoms with Gasteiger partial charge >= 0.3 is 0 Å². The monoisotopic (exact) mass is 514 g/mol. The molecule has 36 heavy (non-hydrogen) atoms. The fourth-order valence-electron chi connectivity index (χ4n) is 4.23. The maximum Gasteiger partial charge on any atom is 0.234 e. The van der Waals surface area contributed by atoms with E-state index in [0.29, 0.717) is 18.2 Å². The van der Waals surface area contributed by atoms with E-state index >= 15 is 0 Å². The Morgan fingerprint density at radius 1 is 0.944 bits per heavy atom. The molecule has 2 aromatic carbocycles. The lowest BCUT2D eigenvalue weighted by molar-refractivity contribution is -0.123. The number of unbranched alkanes of at least 4 members (excludes halogenated alkanes) is 2. The lowest BCUT2D eigenvalue weighted by atomic mass is 10.0. The molecule has 1 aliphatic rings. The molecular formula is C28H39ClN4O3. The number of hydrogen-bond donors (Lipinski definition) is 1. The molecule has 196 valence electrons. The highest BCUT2D eigenvalue weighted by molar-refractivity contribution is 6.30. The number of piperazine rings is 1. The predicted molar refractivity (Wildman–Crippen MR) is 146 cm³/mol. The average Bonchev–Trinajstić information content (AvgIpc) is 2.86. The molecule has 8 heteroatoms. The summed E-state index contributed by atoms with van der Waals surface area (Å²) in [6.45, 7) is 10.3. The predicted octanol–water partition coefficient (Wildman–Crippen LogP) is 4.43. The van der Waals surface area contributed by atoms with Crippen LogP contribution in [-0.4, -0.2) is 80.4 Å². The van der Waals surface area contributed by atoms with Gasteiger partial charge in [-0.05, 0) is 76.1 Å². The Hall–Kier alpha value is -2.61. The summed E-state index contributed by atoms with van der Waals surface area (Å²) in [4.78, 5) is 21.7. The van der Waals surface area contributed by atoms with Crippen molar-refractivity contribution in [3.63, 3.8) is 0 Å². The maximum atomic E-state index is 11.9. The van der Waals surface area contributed by atoms with Gasteiger partial charge in [-0.1, -0.05) is 28.9 Å². The van der Waals surface area contributed by atoms with Crippen molar-refractivity contribution in [3.05, 3.63) is 64.7 Å². The molecule has 1 amide bonds. The van der Waals surface area contributed by atoms with E-state index in [4.69, 9.17) is 21.2 Å². The highest BCUT2D eigenvalue weighted by Crippen LogP contribution is 2.18. The Bertz CT molecular complexity index is 956. The van der Waals surface area contributed by atoms with Crippen molar-refractivity contribution in [2.75, 3.05) is 53.0 Å². The van der Waals surface area contributed by atoms with Crippen LogP contribution in [0.1, 0.15) is 44.2 Å². The van der Waals surface area contributed by atoms with E-state index in [2.05, 4.69) is 20.3 Å². The topological polar surface area (TPSA) is 66.4 Å². The summed E-state index contributed by atoms with van der Waals surface area (Å²) < 4.78 is 5.95. The van der Waals surface area contributed by atoms with Gasteiger partial charge in [0.15, 0.2) is 0 Å². The molecule has 1 aliphatic heterocycles. The molecule has 0 spiro atoms. The van der Waals surface area contributed by atoms with Crippen LogP contribution >= 0.6 is 11.6 Å². The Morgan fingerprint density at radius 3 is 2.17 bits per heavy atom. The number of carbonyl (C=O) groups is 1. The minimum absolute atomic E-state index is 0.123. The fourth-order valence-corrected chi connectivity index (χ4v) is 4.35. The molecule has 0 saturated carbocycles. The number of rotatable bonds is 13.